The number of aliphatic hydroxyl groups excluding tert-OH is 1. The Bertz CT molecular complexity index is 316. The molecule has 0 aromatic heterocycles. The van der Waals surface area contributed by atoms with Gasteiger partial charge in [-0.3, -0.25) is 0 Å². The molecule has 0 saturated carbocycles. The first kappa shape index (κ1) is 30.8. The summed E-state index contributed by atoms with van der Waals surface area (Å²) in [5.74, 6) is 1.22. The highest BCUT2D eigenvalue weighted by molar-refractivity contribution is 9.05. The van der Waals surface area contributed by atoms with E-state index in [4.69, 9.17) is 28.8 Å². The van der Waals surface area contributed by atoms with Crippen molar-refractivity contribution in [2.45, 2.75) is 64.4 Å². The smallest absolute Gasteiger partial charge is 0.0704 e. The van der Waals surface area contributed by atoms with Gasteiger partial charge in [-0.25, -0.2) is 0 Å². The summed E-state index contributed by atoms with van der Waals surface area (Å²) in [4.78, 5) is 0. The summed E-state index contributed by atoms with van der Waals surface area (Å²) >= 11 is 4.13. The summed E-state index contributed by atoms with van der Waals surface area (Å²) in [7, 11) is 3.41. The maximum atomic E-state index is 8.55. The predicted molar refractivity (Wildman–Crippen MR) is 132 cm³/mol. The lowest BCUT2D eigenvalue weighted by molar-refractivity contribution is -0.0223. The van der Waals surface area contributed by atoms with Crippen molar-refractivity contribution in [1.82, 2.24) is 0 Å². The molecule has 0 fully saturated rings. The predicted octanol–water partition coefficient (Wildman–Crippen LogP) is 4.80. The summed E-state index contributed by atoms with van der Waals surface area (Å²) in [5.41, 5.74) is 0. The van der Waals surface area contributed by atoms with Crippen LogP contribution in [0.3, 0.4) is 0 Å². The molecule has 0 saturated heterocycles. The minimum absolute atomic E-state index is 0.0455. The lowest BCUT2D eigenvalue weighted by Crippen LogP contribution is -2.15. The zero-order valence-electron chi connectivity index (χ0n) is 18.8. The molecule has 1 atom stereocenters. The van der Waals surface area contributed by atoms with Crippen LogP contribution in [0.15, 0.2) is 0 Å². The zero-order chi connectivity index (χ0) is 22.0. The summed E-state index contributed by atoms with van der Waals surface area (Å²) < 4.78 is 27.2. The minimum atomic E-state index is 0.0455. The monoisotopic (exact) mass is 488 g/mol. The van der Waals surface area contributed by atoms with E-state index in [0.717, 1.165) is 6.42 Å². The molecule has 0 aromatic carbocycles. The Hall–Kier alpha value is 0.810. The van der Waals surface area contributed by atoms with E-state index >= 15 is 0 Å². The van der Waals surface area contributed by atoms with Crippen LogP contribution in [0.4, 0.5) is 0 Å². The number of aliphatic hydroxyl groups is 1. The van der Waals surface area contributed by atoms with Crippen molar-refractivity contribution in [2.24, 2.45) is 0 Å². The molecule has 0 aliphatic rings. The first-order valence-electron chi connectivity index (χ1n) is 11.3. The van der Waals surface area contributed by atoms with Crippen molar-refractivity contribution in [2.75, 3.05) is 71.8 Å². The number of unbranched alkanes of at least 4 members (excludes halogenated alkanes) is 6. The number of thiol groups is 1. The SMILES string of the molecule is CC(CCCCCCCCCSSS)OCCOCCOCCOCCOCCO. The lowest BCUT2D eigenvalue weighted by atomic mass is 10.1. The first-order valence-corrected chi connectivity index (χ1v) is 14.6. The molecule has 0 aliphatic carbocycles. The maximum Gasteiger partial charge on any atom is 0.0704 e. The molecule has 6 nitrogen and oxygen atoms in total. The van der Waals surface area contributed by atoms with Crippen LogP contribution >= 0.6 is 32.3 Å². The molecule has 30 heavy (non-hydrogen) atoms. The molecule has 1 unspecified atom stereocenters. The quantitative estimate of drug-likeness (QED) is 0.102. The van der Waals surface area contributed by atoms with Gasteiger partial charge in [0.2, 0.25) is 0 Å². The Morgan fingerprint density at radius 1 is 0.667 bits per heavy atom. The second kappa shape index (κ2) is 27.8. The summed E-state index contributed by atoms with van der Waals surface area (Å²) in [6.45, 7) is 7.04. The van der Waals surface area contributed by atoms with Gasteiger partial charge in [0.1, 0.15) is 0 Å². The molecule has 0 spiro atoms. The first-order chi connectivity index (χ1) is 14.8. The van der Waals surface area contributed by atoms with E-state index in [-0.39, 0.29) is 6.61 Å². The van der Waals surface area contributed by atoms with Crippen LogP contribution in [0.1, 0.15) is 58.3 Å². The van der Waals surface area contributed by atoms with Gasteiger partial charge in [-0.1, -0.05) is 61.0 Å². The van der Waals surface area contributed by atoms with Crippen molar-refractivity contribution in [3.63, 3.8) is 0 Å². The minimum Gasteiger partial charge on any atom is -0.394 e. The summed E-state index contributed by atoms with van der Waals surface area (Å²) in [6.07, 6.45) is 10.7. The van der Waals surface area contributed by atoms with E-state index in [1.165, 1.54) is 50.7 Å². The van der Waals surface area contributed by atoms with Crippen molar-refractivity contribution in [1.29, 1.82) is 0 Å². The molecule has 0 bridgehead atoms. The van der Waals surface area contributed by atoms with Gasteiger partial charge in [0.25, 0.3) is 0 Å². The second-order valence-corrected chi connectivity index (χ2v) is 10.3. The van der Waals surface area contributed by atoms with Crippen molar-refractivity contribution in [3.05, 3.63) is 0 Å². The van der Waals surface area contributed by atoms with Crippen LogP contribution in [-0.2, 0) is 23.7 Å². The van der Waals surface area contributed by atoms with Crippen LogP contribution in [0, 0.1) is 0 Å². The highest BCUT2D eigenvalue weighted by Gasteiger charge is 2.02. The van der Waals surface area contributed by atoms with Gasteiger partial charge in [-0.15, -0.1) is 0 Å². The van der Waals surface area contributed by atoms with E-state index < -0.39 is 0 Å². The third-order valence-corrected chi connectivity index (χ3v) is 6.70. The average molecular weight is 489 g/mol. The van der Waals surface area contributed by atoms with E-state index in [9.17, 15) is 0 Å². The van der Waals surface area contributed by atoms with E-state index in [0.29, 0.717) is 65.6 Å². The maximum absolute atomic E-state index is 8.55. The van der Waals surface area contributed by atoms with E-state index in [1.807, 2.05) is 10.8 Å². The van der Waals surface area contributed by atoms with E-state index in [1.54, 1.807) is 9.83 Å². The van der Waals surface area contributed by atoms with Gasteiger partial charge in [-0.2, -0.15) is 0 Å². The molecule has 0 aromatic rings. The molecule has 9 heteroatoms. The van der Waals surface area contributed by atoms with Gasteiger partial charge in [0, 0.05) is 5.75 Å². The molecule has 1 N–H and O–H groups in total. The van der Waals surface area contributed by atoms with Crippen LogP contribution < -0.4 is 0 Å². The highest BCUT2D eigenvalue weighted by atomic mass is 33.5. The summed E-state index contributed by atoms with van der Waals surface area (Å²) in [6, 6.07) is 0. The fourth-order valence-corrected chi connectivity index (χ4v) is 4.38. The molecule has 0 rings (SSSR count). The Balaban J connectivity index is 3.12. The third-order valence-electron chi connectivity index (χ3n) is 4.37. The fourth-order valence-electron chi connectivity index (χ4n) is 2.73. The Kier molecular flexibility index (Phi) is 28.6. The van der Waals surface area contributed by atoms with Gasteiger partial charge >= 0.3 is 0 Å². The molecule has 0 heterocycles. The van der Waals surface area contributed by atoms with Crippen molar-refractivity contribution < 1.29 is 28.8 Å². The average Bonchev–Trinajstić information content (AvgIpc) is 2.75. The Labute approximate surface area is 197 Å². The number of hydrogen-bond donors (Lipinski definition) is 2. The van der Waals surface area contributed by atoms with Crippen molar-refractivity contribution in [3.8, 4) is 0 Å². The molecule has 0 amide bonds. The largest absolute Gasteiger partial charge is 0.394 e. The van der Waals surface area contributed by atoms with Crippen LogP contribution in [-0.4, -0.2) is 83.0 Å². The molecule has 0 aliphatic heterocycles. The fraction of sp³-hybridized carbons (Fsp3) is 1.00. The molecule has 0 radical (unpaired) electrons. The van der Waals surface area contributed by atoms with Gasteiger partial charge in [0.15, 0.2) is 0 Å². The second-order valence-electron chi connectivity index (χ2n) is 7.01. The number of rotatable bonds is 26. The van der Waals surface area contributed by atoms with E-state index in [2.05, 4.69) is 18.6 Å². The van der Waals surface area contributed by atoms with Crippen molar-refractivity contribution >= 4 is 32.3 Å². The third kappa shape index (κ3) is 26.8. The lowest BCUT2D eigenvalue weighted by Gasteiger charge is -2.13. The van der Waals surface area contributed by atoms with Crippen LogP contribution in [0.5, 0.6) is 0 Å². The Morgan fingerprint density at radius 2 is 1.13 bits per heavy atom. The molecular formula is C21H44O6S3. The number of hydrogen-bond acceptors (Lipinski definition) is 9. The topological polar surface area (TPSA) is 66.4 Å². The van der Waals surface area contributed by atoms with Gasteiger partial charge in [0.05, 0.1) is 72.2 Å². The van der Waals surface area contributed by atoms with Crippen LogP contribution in [0.2, 0.25) is 0 Å². The standard InChI is InChI=1S/C21H44O6S3/c1-21(9-7-5-3-2-4-6-8-20-29-30-28)27-19-18-26-17-16-25-15-14-24-13-12-23-11-10-22/h21-22,28H,2-20H2,1H3. The highest BCUT2D eigenvalue weighted by Crippen LogP contribution is 2.25. The normalized spacial score (nSPS) is 12.5. The van der Waals surface area contributed by atoms with Gasteiger partial charge in [-0.05, 0) is 29.6 Å². The van der Waals surface area contributed by atoms with Crippen LogP contribution in [0.25, 0.3) is 0 Å². The zero-order valence-corrected chi connectivity index (χ0v) is 21.3. The summed E-state index contributed by atoms with van der Waals surface area (Å²) in [5, 5.41) is 8.55. The molecule has 182 valence electrons. The molecular weight excluding hydrogens is 444 g/mol. The Morgan fingerprint density at radius 3 is 1.67 bits per heavy atom. The number of ether oxygens (including phenoxy) is 5. The van der Waals surface area contributed by atoms with Gasteiger partial charge < -0.3 is 28.8 Å².